The maximum Gasteiger partial charge on any atom is 0.257 e. The van der Waals surface area contributed by atoms with Crippen LogP contribution in [0.3, 0.4) is 0 Å². The highest BCUT2D eigenvalue weighted by Crippen LogP contribution is 2.24. The first-order chi connectivity index (χ1) is 14.0. The van der Waals surface area contributed by atoms with E-state index in [4.69, 9.17) is 9.47 Å². The highest BCUT2D eigenvalue weighted by Gasteiger charge is 2.13. The number of carbonyl (C=O) groups is 1. The van der Waals surface area contributed by atoms with Gasteiger partial charge in [-0.05, 0) is 74.4 Å². The van der Waals surface area contributed by atoms with Crippen LogP contribution in [-0.2, 0) is 11.2 Å². The Morgan fingerprint density at radius 1 is 1.07 bits per heavy atom. The largest absolute Gasteiger partial charge is 0.457 e. The quantitative estimate of drug-likeness (QED) is 0.562. The molecular formula is C24H26N2O3. The molecule has 1 atom stereocenters. The lowest BCUT2D eigenvalue weighted by Gasteiger charge is -2.12. The molecule has 0 radical (unpaired) electrons. The standard InChI is InChI=1S/C24H26N2O3/c1-5-18-7-6-8-21(15-18)29-20-11-9-19(10-12-20)26-24(27)22-13-14-23(17(3)28-4)25-16(22)2/h6-15,17H,5H2,1-4H3,(H,26,27). The molecule has 150 valence electrons. The number of nitrogens with one attached hydrogen (secondary N) is 1. The Balaban J connectivity index is 1.67. The SMILES string of the molecule is CCc1cccc(Oc2ccc(NC(=O)c3ccc(C(C)OC)nc3C)cc2)c1. The van der Waals surface area contributed by atoms with Crippen molar-refractivity contribution in [3.8, 4) is 11.5 Å². The van der Waals surface area contributed by atoms with Crippen molar-refractivity contribution in [2.45, 2.75) is 33.3 Å². The fraction of sp³-hybridized carbons (Fsp3) is 0.250. The Morgan fingerprint density at radius 2 is 1.83 bits per heavy atom. The molecule has 0 aliphatic carbocycles. The van der Waals surface area contributed by atoms with E-state index in [1.807, 2.05) is 62.4 Å². The summed E-state index contributed by atoms with van der Waals surface area (Å²) in [6.45, 7) is 5.85. The van der Waals surface area contributed by atoms with Crippen LogP contribution in [0.25, 0.3) is 0 Å². The predicted molar refractivity (Wildman–Crippen MR) is 115 cm³/mol. The molecule has 0 saturated carbocycles. The molecule has 1 N–H and O–H groups in total. The van der Waals surface area contributed by atoms with Crippen molar-refractivity contribution < 1.29 is 14.3 Å². The van der Waals surface area contributed by atoms with E-state index in [0.29, 0.717) is 22.7 Å². The molecule has 0 aliphatic rings. The molecule has 5 nitrogen and oxygen atoms in total. The van der Waals surface area contributed by atoms with Crippen molar-refractivity contribution in [3.05, 3.63) is 83.2 Å². The molecule has 2 aromatic carbocycles. The van der Waals surface area contributed by atoms with E-state index in [0.717, 1.165) is 17.9 Å². The molecule has 0 bridgehead atoms. The number of ether oxygens (including phenoxy) is 2. The second-order valence-corrected chi connectivity index (χ2v) is 6.83. The summed E-state index contributed by atoms with van der Waals surface area (Å²) >= 11 is 0. The average Bonchev–Trinajstić information content (AvgIpc) is 2.74. The molecule has 3 aromatic rings. The third kappa shape index (κ3) is 5.21. The van der Waals surface area contributed by atoms with Crippen LogP contribution < -0.4 is 10.1 Å². The minimum atomic E-state index is -0.198. The predicted octanol–water partition coefficient (Wildman–Crippen LogP) is 5.70. The van der Waals surface area contributed by atoms with Crippen LogP contribution in [0.15, 0.2) is 60.7 Å². The Kier molecular flexibility index (Phi) is 6.62. The summed E-state index contributed by atoms with van der Waals surface area (Å²) in [6, 6.07) is 18.9. The van der Waals surface area contributed by atoms with Gasteiger partial charge in [0.15, 0.2) is 0 Å². The molecule has 1 aromatic heterocycles. The molecule has 1 amide bonds. The Hall–Kier alpha value is -3.18. The van der Waals surface area contributed by atoms with Gasteiger partial charge in [0.1, 0.15) is 11.5 Å². The Morgan fingerprint density at radius 3 is 2.48 bits per heavy atom. The number of aryl methyl sites for hydroxylation is 2. The van der Waals surface area contributed by atoms with Gasteiger partial charge in [0.05, 0.1) is 23.1 Å². The number of carbonyl (C=O) groups excluding carboxylic acids is 1. The van der Waals surface area contributed by atoms with Crippen molar-refractivity contribution in [1.82, 2.24) is 4.98 Å². The molecular weight excluding hydrogens is 364 g/mol. The normalized spacial score (nSPS) is 11.7. The van der Waals surface area contributed by atoms with Gasteiger partial charge in [0, 0.05) is 12.8 Å². The number of hydrogen-bond donors (Lipinski definition) is 1. The number of rotatable bonds is 7. The van der Waals surface area contributed by atoms with Crippen LogP contribution in [0.1, 0.15) is 47.3 Å². The first-order valence-corrected chi connectivity index (χ1v) is 9.68. The lowest BCUT2D eigenvalue weighted by atomic mass is 10.1. The van der Waals surface area contributed by atoms with Crippen molar-refractivity contribution >= 4 is 11.6 Å². The zero-order valence-electron chi connectivity index (χ0n) is 17.2. The maximum atomic E-state index is 12.6. The van der Waals surface area contributed by atoms with Crippen LogP contribution in [0.5, 0.6) is 11.5 Å². The van der Waals surface area contributed by atoms with Gasteiger partial charge in [-0.1, -0.05) is 19.1 Å². The van der Waals surface area contributed by atoms with Crippen LogP contribution >= 0.6 is 0 Å². The molecule has 0 aliphatic heterocycles. The molecule has 29 heavy (non-hydrogen) atoms. The van der Waals surface area contributed by atoms with Gasteiger partial charge in [-0.3, -0.25) is 9.78 Å². The third-order valence-electron chi connectivity index (χ3n) is 4.78. The van der Waals surface area contributed by atoms with E-state index in [9.17, 15) is 4.79 Å². The van der Waals surface area contributed by atoms with Gasteiger partial charge in [0.25, 0.3) is 5.91 Å². The van der Waals surface area contributed by atoms with Crippen molar-refractivity contribution in [1.29, 1.82) is 0 Å². The highest BCUT2D eigenvalue weighted by molar-refractivity contribution is 6.05. The number of aromatic nitrogens is 1. The lowest BCUT2D eigenvalue weighted by Crippen LogP contribution is -2.15. The third-order valence-corrected chi connectivity index (χ3v) is 4.78. The minimum absolute atomic E-state index is 0.114. The van der Waals surface area contributed by atoms with Gasteiger partial charge in [-0.15, -0.1) is 0 Å². The molecule has 0 saturated heterocycles. The summed E-state index contributed by atoms with van der Waals surface area (Å²) in [5.74, 6) is 1.32. The number of methoxy groups -OCH3 is 1. The summed E-state index contributed by atoms with van der Waals surface area (Å²) in [5, 5.41) is 2.91. The van der Waals surface area contributed by atoms with E-state index in [2.05, 4.69) is 23.3 Å². The van der Waals surface area contributed by atoms with Gasteiger partial charge >= 0.3 is 0 Å². The fourth-order valence-electron chi connectivity index (χ4n) is 2.94. The fourth-order valence-corrected chi connectivity index (χ4v) is 2.94. The number of amides is 1. The first kappa shape index (κ1) is 20.6. The minimum Gasteiger partial charge on any atom is -0.457 e. The lowest BCUT2D eigenvalue weighted by molar-refractivity contribution is 0.102. The number of nitrogens with zero attached hydrogens (tertiary/aromatic N) is 1. The highest BCUT2D eigenvalue weighted by atomic mass is 16.5. The molecule has 5 heteroatoms. The molecule has 0 fully saturated rings. The zero-order chi connectivity index (χ0) is 20.8. The molecule has 0 spiro atoms. The van der Waals surface area contributed by atoms with Crippen LogP contribution in [0.4, 0.5) is 5.69 Å². The zero-order valence-corrected chi connectivity index (χ0v) is 17.2. The maximum absolute atomic E-state index is 12.6. The van der Waals surface area contributed by atoms with Crippen molar-refractivity contribution in [2.24, 2.45) is 0 Å². The molecule has 1 heterocycles. The van der Waals surface area contributed by atoms with Crippen LogP contribution in [-0.4, -0.2) is 18.0 Å². The average molecular weight is 390 g/mol. The molecule has 3 rings (SSSR count). The van der Waals surface area contributed by atoms with Crippen molar-refractivity contribution in [3.63, 3.8) is 0 Å². The van der Waals surface area contributed by atoms with Crippen LogP contribution in [0, 0.1) is 6.92 Å². The summed E-state index contributed by atoms with van der Waals surface area (Å²) < 4.78 is 11.2. The Bertz CT molecular complexity index is 984. The topological polar surface area (TPSA) is 60.5 Å². The van der Waals surface area contributed by atoms with Gasteiger partial charge < -0.3 is 14.8 Å². The van der Waals surface area contributed by atoms with E-state index in [1.165, 1.54) is 5.56 Å². The number of hydrogen-bond acceptors (Lipinski definition) is 4. The van der Waals surface area contributed by atoms with E-state index >= 15 is 0 Å². The molecule has 1 unspecified atom stereocenters. The van der Waals surface area contributed by atoms with Gasteiger partial charge in [0.2, 0.25) is 0 Å². The monoisotopic (exact) mass is 390 g/mol. The first-order valence-electron chi connectivity index (χ1n) is 9.68. The summed E-state index contributed by atoms with van der Waals surface area (Å²) in [5.41, 5.74) is 3.92. The summed E-state index contributed by atoms with van der Waals surface area (Å²) in [7, 11) is 1.64. The van der Waals surface area contributed by atoms with Crippen molar-refractivity contribution in [2.75, 3.05) is 12.4 Å². The van der Waals surface area contributed by atoms with Gasteiger partial charge in [-0.2, -0.15) is 0 Å². The smallest absolute Gasteiger partial charge is 0.257 e. The van der Waals surface area contributed by atoms with Crippen LogP contribution in [0.2, 0.25) is 0 Å². The van der Waals surface area contributed by atoms with E-state index < -0.39 is 0 Å². The second kappa shape index (κ2) is 9.34. The van der Waals surface area contributed by atoms with E-state index in [1.54, 1.807) is 13.2 Å². The summed E-state index contributed by atoms with van der Waals surface area (Å²) in [6.07, 6.45) is 0.846. The number of benzene rings is 2. The number of anilines is 1. The second-order valence-electron chi connectivity index (χ2n) is 6.83. The Labute approximate surface area is 171 Å². The number of pyridine rings is 1. The van der Waals surface area contributed by atoms with Gasteiger partial charge in [-0.25, -0.2) is 0 Å². The van der Waals surface area contributed by atoms with E-state index in [-0.39, 0.29) is 12.0 Å². The summed E-state index contributed by atoms with van der Waals surface area (Å²) in [4.78, 5) is 17.1.